The van der Waals surface area contributed by atoms with Crippen molar-refractivity contribution < 1.29 is 22.4 Å². The number of benzene rings is 2. The number of carbonyl (C=O) groups excluding carboxylic acids is 1. The number of nitrogens with one attached hydrogen (secondary N) is 4. The number of carbonyl (C=O) groups is 1. The average Bonchev–Trinajstić information content (AvgIpc) is 4.11. The number of hydrogen-bond donors (Lipinski definition) is 4. The van der Waals surface area contributed by atoms with Crippen molar-refractivity contribution in [3.05, 3.63) is 119 Å². The Kier molecular flexibility index (Phi) is 9.80. The molecule has 0 aliphatic carbocycles. The van der Waals surface area contributed by atoms with E-state index in [4.69, 9.17) is 9.97 Å². The van der Waals surface area contributed by atoms with E-state index in [0.29, 0.717) is 73.9 Å². The molecule has 0 radical (unpaired) electrons. The Morgan fingerprint density at radius 2 is 1.07 bits per heavy atom. The molecule has 68 heavy (non-hydrogen) atoms. The fraction of sp³-hybridized carbons (Fsp3) is 0.340. The summed E-state index contributed by atoms with van der Waals surface area (Å²) in [6.45, 7) is -0.543. The molecule has 2 atom stereocenters. The van der Waals surface area contributed by atoms with Crippen molar-refractivity contribution in [2.24, 2.45) is 14.1 Å². The minimum Gasteiger partial charge on any atom is -0.348 e. The van der Waals surface area contributed by atoms with Gasteiger partial charge in [-0.2, -0.15) is 20.2 Å². The fourth-order valence-corrected chi connectivity index (χ4v) is 10.3. The molecule has 4 aliphatic heterocycles. The maximum Gasteiger partial charge on any atom is 0.273 e. The lowest BCUT2D eigenvalue weighted by Gasteiger charge is -2.47. The molecule has 4 N–H and O–H groups in total. The quantitative estimate of drug-likeness (QED) is 0.0972. The second-order valence-electron chi connectivity index (χ2n) is 18.4. The number of aromatic amines is 2. The average molecular weight is 927 g/mol. The van der Waals surface area contributed by atoms with Crippen molar-refractivity contribution in [1.82, 2.24) is 59.3 Å². The first-order chi connectivity index (χ1) is 32.8. The molecule has 17 nitrogen and oxygen atoms in total. The van der Waals surface area contributed by atoms with E-state index in [9.17, 15) is 17.6 Å². The lowest BCUT2D eigenvalue weighted by Crippen LogP contribution is -2.62. The lowest BCUT2D eigenvalue weighted by atomic mass is 9.91. The number of hydrogen-bond acceptors (Lipinski definition) is 13. The number of aromatic nitrogens is 10. The molecule has 0 bridgehead atoms. The third kappa shape index (κ3) is 7.54. The van der Waals surface area contributed by atoms with Crippen molar-refractivity contribution in [3.8, 4) is 0 Å². The maximum absolute atomic E-state index is 15.4. The molecule has 2 aromatic carbocycles. The normalized spacial score (nSPS) is 18.7. The highest BCUT2D eigenvalue weighted by Crippen LogP contribution is 2.44. The molecule has 0 spiro atoms. The Bertz CT molecular complexity index is 3020. The molecule has 0 amide bonds. The summed E-state index contributed by atoms with van der Waals surface area (Å²) in [6.07, 6.45) is 8.07. The molecular weight excluding hydrogens is 881 g/mol. The first-order valence-electron chi connectivity index (χ1n) is 22.5. The zero-order valence-corrected chi connectivity index (χ0v) is 37.1. The SMILES string of the molecule is Cn1c(C(C(=O)C(c2cc3c(n2C)CN(c2nccc(Nc4ccc5[nH]ncc5c4)n2)CC3)N2CC(F)(F)C2)N2CC(F)(F)C2)cc2c1CN(c1nccc(Nc3ccc4[nH]ncc4c3)n1)CC2. The number of Topliss-reactive ketones (excluding diaryl/α,β-unsaturated/α-hetero) is 1. The van der Waals surface area contributed by atoms with Crippen LogP contribution < -0.4 is 20.4 Å². The number of fused-ring (bicyclic) bond motifs is 4. The molecule has 12 rings (SSSR count). The van der Waals surface area contributed by atoms with Gasteiger partial charge in [0.1, 0.15) is 23.7 Å². The first kappa shape index (κ1) is 42.0. The number of halogens is 4. The van der Waals surface area contributed by atoms with Gasteiger partial charge in [0.15, 0.2) is 5.78 Å². The van der Waals surface area contributed by atoms with Gasteiger partial charge < -0.3 is 29.6 Å². The Balaban J connectivity index is 0.822. The Morgan fingerprint density at radius 3 is 1.50 bits per heavy atom. The van der Waals surface area contributed by atoms with Gasteiger partial charge in [-0.3, -0.25) is 24.8 Å². The van der Waals surface area contributed by atoms with Crippen LogP contribution in [0.2, 0.25) is 0 Å². The van der Waals surface area contributed by atoms with E-state index in [-0.39, 0.29) is 0 Å². The van der Waals surface area contributed by atoms with Gasteiger partial charge in [0.05, 0.1) is 62.7 Å². The van der Waals surface area contributed by atoms with Crippen molar-refractivity contribution in [2.75, 3.05) is 59.7 Å². The van der Waals surface area contributed by atoms with E-state index in [1.807, 2.05) is 81.6 Å². The molecule has 2 fully saturated rings. The molecule has 0 saturated carbocycles. The van der Waals surface area contributed by atoms with Crippen LogP contribution in [0.15, 0.2) is 85.5 Å². The summed E-state index contributed by atoms with van der Waals surface area (Å²) in [5, 5.41) is 22.7. The summed E-state index contributed by atoms with van der Waals surface area (Å²) in [7, 11) is 3.68. The number of likely N-dealkylation sites (tertiary alicyclic amines) is 2. The zero-order valence-electron chi connectivity index (χ0n) is 37.1. The van der Waals surface area contributed by atoms with E-state index in [0.717, 1.165) is 55.7 Å². The third-order valence-electron chi connectivity index (χ3n) is 13.8. The number of ketones is 1. The molecule has 8 aromatic rings. The van der Waals surface area contributed by atoms with Gasteiger partial charge in [0.25, 0.3) is 11.8 Å². The molecule has 2 saturated heterocycles. The highest BCUT2D eigenvalue weighted by Gasteiger charge is 2.55. The fourth-order valence-electron chi connectivity index (χ4n) is 10.3. The lowest BCUT2D eigenvalue weighted by molar-refractivity contribution is -0.174. The molecule has 10 heterocycles. The van der Waals surface area contributed by atoms with Crippen LogP contribution in [-0.4, -0.2) is 116 Å². The van der Waals surface area contributed by atoms with Crippen molar-refractivity contribution in [3.63, 3.8) is 0 Å². The van der Waals surface area contributed by atoms with Gasteiger partial charge in [0.2, 0.25) is 11.9 Å². The van der Waals surface area contributed by atoms with E-state index in [2.05, 4.69) is 41.0 Å². The summed E-state index contributed by atoms with van der Waals surface area (Å²) in [5.74, 6) is -4.18. The summed E-state index contributed by atoms with van der Waals surface area (Å²) in [5.41, 5.74) is 8.35. The van der Waals surface area contributed by atoms with Crippen LogP contribution in [-0.2, 0) is 44.8 Å². The number of alkyl halides is 4. The molecule has 21 heteroatoms. The molecule has 348 valence electrons. The maximum atomic E-state index is 15.4. The van der Waals surface area contributed by atoms with Crippen LogP contribution in [0, 0.1) is 0 Å². The number of rotatable bonds is 12. The van der Waals surface area contributed by atoms with Gasteiger partial charge in [-0.25, -0.2) is 27.5 Å². The highest BCUT2D eigenvalue weighted by atomic mass is 19.3. The minimum absolute atomic E-state index is 0.403. The van der Waals surface area contributed by atoms with Gasteiger partial charge in [-0.05, 0) is 84.6 Å². The van der Waals surface area contributed by atoms with E-state index < -0.39 is 55.9 Å². The van der Waals surface area contributed by atoms with Crippen molar-refractivity contribution >= 4 is 62.5 Å². The van der Waals surface area contributed by atoms with Gasteiger partial charge in [0, 0.05) is 84.5 Å². The summed E-state index contributed by atoms with van der Waals surface area (Å²) >= 11 is 0. The highest BCUT2D eigenvalue weighted by molar-refractivity contribution is 5.91. The zero-order chi connectivity index (χ0) is 46.5. The van der Waals surface area contributed by atoms with E-state index in [1.165, 1.54) is 9.80 Å². The van der Waals surface area contributed by atoms with E-state index in [1.54, 1.807) is 36.9 Å². The number of nitrogens with zero attached hydrogens (tertiary/aromatic N) is 12. The van der Waals surface area contributed by atoms with Gasteiger partial charge >= 0.3 is 0 Å². The number of H-pyrrole nitrogens is 2. The molecule has 2 unspecified atom stereocenters. The van der Waals surface area contributed by atoms with Crippen molar-refractivity contribution in [2.45, 2.75) is 49.9 Å². The summed E-state index contributed by atoms with van der Waals surface area (Å²) < 4.78 is 63.1. The van der Waals surface area contributed by atoms with E-state index >= 15 is 4.79 Å². The Morgan fingerprint density at radius 1 is 0.632 bits per heavy atom. The predicted molar refractivity (Wildman–Crippen MR) is 247 cm³/mol. The van der Waals surface area contributed by atoms with Crippen LogP contribution >= 0.6 is 0 Å². The van der Waals surface area contributed by atoms with Gasteiger partial charge in [-0.15, -0.1) is 0 Å². The van der Waals surface area contributed by atoms with Crippen LogP contribution in [0.5, 0.6) is 0 Å². The first-order valence-corrected chi connectivity index (χ1v) is 22.5. The predicted octanol–water partition coefficient (Wildman–Crippen LogP) is 6.56. The Hall–Kier alpha value is -7.39. The third-order valence-corrected chi connectivity index (χ3v) is 13.8. The van der Waals surface area contributed by atoms with Crippen LogP contribution in [0.4, 0.5) is 52.5 Å². The summed E-state index contributed by atoms with van der Waals surface area (Å²) in [4.78, 5) is 41.4. The standard InChI is InChI=1S/C47H46F4N16O/c1-62-35(17-27-9-13-64(21-37(27)62)44-52-11-7-39(58-44)56-31-3-5-33-29(15-31)19-54-60-33)41(66-23-46(48,49)24-66)43(68)42(67-25-47(50,51)26-67)36-18-28-10-14-65(22-38(28)63(36)2)45-53-12-8-40(59-45)57-32-4-6-34-30(16-32)20-55-61-34/h3-8,11-12,15-20,41-42H,9-10,13-14,21-26H2,1-2H3,(H,54,60)(H,55,61)(H,52,56,58)(H,53,57,59). The topological polar surface area (TPSA) is 173 Å². The van der Waals surface area contributed by atoms with Crippen LogP contribution in [0.1, 0.15) is 46.0 Å². The van der Waals surface area contributed by atoms with Crippen LogP contribution in [0.25, 0.3) is 21.8 Å². The second kappa shape index (κ2) is 15.9. The minimum atomic E-state index is -2.99. The number of anilines is 6. The molecular formula is C47H46F4N16O. The summed E-state index contributed by atoms with van der Waals surface area (Å²) in [6, 6.07) is 16.9. The molecule has 4 aliphatic rings. The monoisotopic (exact) mass is 926 g/mol. The second-order valence-corrected chi connectivity index (χ2v) is 18.4. The largest absolute Gasteiger partial charge is 0.348 e. The molecule has 6 aromatic heterocycles. The van der Waals surface area contributed by atoms with Crippen molar-refractivity contribution in [1.29, 1.82) is 0 Å². The van der Waals surface area contributed by atoms with Gasteiger partial charge in [-0.1, -0.05) is 0 Å². The van der Waals surface area contributed by atoms with Crippen LogP contribution in [0.3, 0.4) is 0 Å². The Labute approximate surface area is 386 Å². The smallest absolute Gasteiger partial charge is 0.273 e.